The molecule has 1 aliphatic carbocycles. The van der Waals surface area contributed by atoms with Crippen molar-refractivity contribution in [3.05, 3.63) is 70.0 Å². The number of hydrogen-bond acceptors (Lipinski definition) is 2. The van der Waals surface area contributed by atoms with Gasteiger partial charge in [0.15, 0.2) is 0 Å². The van der Waals surface area contributed by atoms with Crippen LogP contribution in [0.4, 0.5) is 4.39 Å². The van der Waals surface area contributed by atoms with Gasteiger partial charge < -0.3 is 0 Å². The fourth-order valence-electron chi connectivity index (χ4n) is 2.84. The van der Waals surface area contributed by atoms with Crippen molar-refractivity contribution in [3.8, 4) is 0 Å². The number of nitrogens with one attached hydrogen (secondary N) is 1. The van der Waals surface area contributed by atoms with Gasteiger partial charge in [0.2, 0.25) is 0 Å². The molecule has 0 heterocycles. The van der Waals surface area contributed by atoms with Gasteiger partial charge in [-0.05, 0) is 36.0 Å². The van der Waals surface area contributed by atoms with E-state index in [1.165, 1.54) is 24.8 Å². The third kappa shape index (κ3) is 2.82. The molecule has 3 rings (SSSR count). The van der Waals surface area contributed by atoms with Gasteiger partial charge in [-0.1, -0.05) is 54.4 Å². The van der Waals surface area contributed by atoms with Gasteiger partial charge >= 0.3 is 0 Å². The maximum Gasteiger partial charge on any atom is 0.146 e. The summed E-state index contributed by atoms with van der Waals surface area (Å²) in [7, 11) is 0. The highest BCUT2D eigenvalue weighted by Gasteiger charge is 2.22. The lowest BCUT2D eigenvalue weighted by molar-refractivity contribution is 0.419. The molecule has 0 aliphatic heterocycles. The molecule has 0 bridgehead atoms. The quantitative estimate of drug-likeness (QED) is 0.653. The summed E-state index contributed by atoms with van der Waals surface area (Å²) < 4.78 is 14.2. The first kappa shape index (κ1) is 14.5. The number of rotatable bonds is 4. The van der Waals surface area contributed by atoms with Gasteiger partial charge in [0.1, 0.15) is 5.82 Å². The first-order chi connectivity index (χ1) is 10.2. The highest BCUT2D eigenvalue weighted by molar-refractivity contribution is 6.30. The smallest absolute Gasteiger partial charge is 0.146 e. The zero-order valence-electron chi connectivity index (χ0n) is 11.7. The largest absolute Gasteiger partial charge is 0.271 e. The van der Waals surface area contributed by atoms with Crippen LogP contribution in [-0.4, -0.2) is 0 Å². The van der Waals surface area contributed by atoms with Gasteiger partial charge in [-0.15, -0.1) is 0 Å². The molecule has 2 aromatic rings. The second-order valence-corrected chi connectivity index (χ2v) is 5.95. The van der Waals surface area contributed by atoms with Crippen molar-refractivity contribution in [1.82, 2.24) is 5.43 Å². The standard InChI is InChI=1S/C17H18ClFN2/c18-15-9-3-8-14(16(15)19)17(21-20)13-7-2-6-12(10-13)11-4-1-5-11/h2-3,6-11,17,21H,1,4-5,20H2. The summed E-state index contributed by atoms with van der Waals surface area (Å²) in [5.41, 5.74) is 5.44. The highest BCUT2D eigenvalue weighted by atomic mass is 35.5. The number of hydrazine groups is 1. The first-order valence-corrected chi connectivity index (χ1v) is 7.58. The van der Waals surface area contributed by atoms with E-state index in [-0.39, 0.29) is 5.02 Å². The third-order valence-corrected chi connectivity index (χ3v) is 4.57. The number of hydrogen-bond donors (Lipinski definition) is 2. The molecule has 2 nitrogen and oxygen atoms in total. The normalized spacial score (nSPS) is 16.5. The topological polar surface area (TPSA) is 38.0 Å². The summed E-state index contributed by atoms with van der Waals surface area (Å²) in [6.07, 6.45) is 3.75. The molecular formula is C17H18ClFN2. The molecule has 0 spiro atoms. The molecule has 3 N–H and O–H groups in total. The minimum Gasteiger partial charge on any atom is -0.271 e. The van der Waals surface area contributed by atoms with Crippen LogP contribution < -0.4 is 11.3 Å². The summed E-state index contributed by atoms with van der Waals surface area (Å²) in [6, 6.07) is 12.8. The lowest BCUT2D eigenvalue weighted by Crippen LogP contribution is -2.29. The molecule has 1 fully saturated rings. The van der Waals surface area contributed by atoms with Crippen LogP contribution in [0.2, 0.25) is 5.02 Å². The van der Waals surface area contributed by atoms with Gasteiger partial charge in [-0.3, -0.25) is 5.84 Å². The Hall–Kier alpha value is -1.42. The molecule has 1 unspecified atom stereocenters. The van der Waals surface area contributed by atoms with Crippen molar-refractivity contribution >= 4 is 11.6 Å². The molecule has 0 amide bonds. The Labute approximate surface area is 129 Å². The van der Waals surface area contributed by atoms with Crippen molar-refractivity contribution in [3.63, 3.8) is 0 Å². The lowest BCUT2D eigenvalue weighted by Gasteiger charge is -2.27. The van der Waals surface area contributed by atoms with Crippen LogP contribution in [0.5, 0.6) is 0 Å². The van der Waals surface area contributed by atoms with Gasteiger partial charge in [0.25, 0.3) is 0 Å². The van der Waals surface area contributed by atoms with Gasteiger partial charge in [0, 0.05) is 5.56 Å². The summed E-state index contributed by atoms with van der Waals surface area (Å²) in [4.78, 5) is 0. The van der Waals surface area contributed by atoms with Crippen LogP contribution in [0.1, 0.15) is 47.9 Å². The zero-order chi connectivity index (χ0) is 14.8. The molecule has 2 aromatic carbocycles. The Kier molecular flexibility index (Phi) is 4.24. The van der Waals surface area contributed by atoms with Crippen LogP contribution in [0.3, 0.4) is 0 Å². The molecule has 1 aliphatic rings. The van der Waals surface area contributed by atoms with E-state index in [0.29, 0.717) is 11.5 Å². The second kappa shape index (κ2) is 6.14. The molecule has 4 heteroatoms. The molecule has 110 valence electrons. The minimum atomic E-state index is -0.420. The first-order valence-electron chi connectivity index (χ1n) is 7.20. The monoisotopic (exact) mass is 304 g/mol. The van der Waals surface area contributed by atoms with Crippen molar-refractivity contribution in [2.45, 2.75) is 31.2 Å². The van der Waals surface area contributed by atoms with E-state index in [1.807, 2.05) is 12.1 Å². The summed E-state index contributed by atoms with van der Waals surface area (Å²) >= 11 is 5.87. The van der Waals surface area contributed by atoms with Crippen molar-refractivity contribution in [2.24, 2.45) is 5.84 Å². The predicted octanol–water partition coefficient (Wildman–Crippen LogP) is 4.30. The second-order valence-electron chi connectivity index (χ2n) is 5.54. The van der Waals surface area contributed by atoms with Crippen LogP contribution in [0.25, 0.3) is 0 Å². The number of benzene rings is 2. The van der Waals surface area contributed by atoms with Crippen LogP contribution in [0, 0.1) is 5.82 Å². The highest BCUT2D eigenvalue weighted by Crippen LogP contribution is 2.37. The van der Waals surface area contributed by atoms with Gasteiger partial charge in [-0.25, -0.2) is 9.82 Å². The molecule has 0 radical (unpaired) electrons. The predicted molar refractivity (Wildman–Crippen MR) is 83.6 cm³/mol. The minimum absolute atomic E-state index is 0.114. The van der Waals surface area contributed by atoms with Crippen LogP contribution >= 0.6 is 11.6 Å². The average Bonchev–Trinajstić information content (AvgIpc) is 2.43. The molecule has 0 saturated heterocycles. The fourth-order valence-corrected chi connectivity index (χ4v) is 3.02. The Morgan fingerprint density at radius 2 is 1.95 bits per heavy atom. The Morgan fingerprint density at radius 1 is 1.19 bits per heavy atom. The molecule has 21 heavy (non-hydrogen) atoms. The maximum absolute atomic E-state index is 14.2. The Bertz CT molecular complexity index is 640. The van der Waals surface area contributed by atoms with Crippen molar-refractivity contribution in [2.75, 3.05) is 0 Å². The lowest BCUT2D eigenvalue weighted by atomic mass is 9.79. The molecule has 0 aromatic heterocycles. The maximum atomic E-state index is 14.2. The summed E-state index contributed by atoms with van der Waals surface area (Å²) in [6.45, 7) is 0. The summed E-state index contributed by atoms with van der Waals surface area (Å²) in [5.74, 6) is 5.88. The average molecular weight is 305 g/mol. The number of halogens is 2. The van der Waals surface area contributed by atoms with Crippen molar-refractivity contribution in [1.29, 1.82) is 0 Å². The Balaban J connectivity index is 1.97. The SMILES string of the molecule is NNC(c1cccc(C2CCC2)c1)c1cccc(Cl)c1F. The Morgan fingerprint density at radius 3 is 2.62 bits per heavy atom. The molecular weight excluding hydrogens is 287 g/mol. The fraction of sp³-hybridized carbons (Fsp3) is 0.294. The van der Waals surface area contributed by atoms with E-state index < -0.39 is 11.9 Å². The van der Waals surface area contributed by atoms with E-state index in [2.05, 4.69) is 17.6 Å². The third-order valence-electron chi connectivity index (χ3n) is 4.28. The molecule has 1 atom stereocenters. The van der Waals surface area contributed by atoms with Gasteiger partial charge in [0.05, 0.1) is 11.1 Å². The van der Waals surface area contributed by atoms with E-state index in [4.69, 9.17) is 17.4 Å². The number of nitrogens with two attached hydrogens (primary N) is 1. The van der Waals surface area contributed by atoms with E-state index >= 15 is 0 Å². The van der Waals surface area contributed by atoms with Crippen molar-refractivity contribution < 1.29 is 4.39 Å². The van der Waals surface area contributed by atoms with E-state index in [1.54, 1.807) is 18.2 Å². The van der Waals surface area contributed by atoms with Gasteiger partial charge in [-0.2, -0.15) is 0 Å². The molecule has 1 saturated carbocycles. The van der Waals surface area contributed by atoms with Crippen LogP contribution in [-0.2, 0) is 0 Å². The van der Waals surface area contributed by atoms with E-state index in [9.17, 15) is 4.39 Å². The van der Waals surface area contributed by atoms with Crippen LogP contribution in [0.15, 0.2) is 42.5 Å². The van der Waals surface area contributed by atoms with E-state index in [0.717, 1.165) is 5.56 Å². The summed E-state index contributed by atoms with van der Waals surface area (Å²) in [5, 5.41) is 0.114. The zero-order valence-corrected chi connectivity index (χ0v) is 12.4.